The summed E-state index contributed by atoms with van der Waals surface area (Å²) in [6.07, 6.45) is 6.74. The Labute approximate surface area is 203 Å². The summed E-state index contributed by atoms with van der Waals surface area (Å²) in [5, 5.41) is 3.21. The standard InChI is InChI=1S/C29H24N2O4/c1-5-25(32)31(21-15-13-18(2)14-16-21)27(29(34)30-26-19(3)9-8-10-20(26)4)23-17-35-24-12-7-6-11-22(24)28(23)33/h1,6-17,27H,2-4H3,(H,30,34). The Balaban J connectivity index is 1.94. The monoisotopic (exact) mass is 464 g/mol. The molecule has 3 aromatic carbocycles. The lowest BCUT2D eigenvalue weighted by atomic mass is 10.0. The van der Waals surface area contributed by atoms with Crippen LogP contribution in [0.2, 0.25) is 0 Å². The summed E-state index contributed by atoms with van der Waals surface area (Å²) in [4.78, 5) is 41.6. The van der Waals surface area contributed by atoms with Gasteiger partial charge in [0.25, 0.3) is 5.91 Å². The van der Waals surface area contributed by atoms with E-state index in [1.165, 1.54) is 6.26 Å². The molecule has 1 aromatic heterocycles. The van der Waals surface area contributed by atoms with Gasteiger partial charge in [-0.3, -0.25) is 19.3 Å². The maximum Gasteiger partial charge on any atom is 0.303 e. The predicted octanol–water partition coefficient (Wildman–Crippen LogP) is 5.06. The number of nitrogens with zero attached hydrogens (tertiary/aromatic N) is 1. The van der Waals surface area contributed by atoms with Crippen LogP contribution in [0.4, 0.5) is 11.4 Å². The highest BCUT2D eigenvalue weighted by Gasteiger charge is 2.35. The molecule has 0 spiro atoms. The third-order valence-electron chi connectivity index (χ3n) is 5.89. The van der Waals surface area contributed by atoms with E-state index in [1.807, 2.05) is 39.0 Å². The Bertz CT molecular complexity index is 1510. The fourth-order valence-electron chi connectivity index (χ4n) is 4.04. The zero-order valence-corrected chi connectivity index (χ0v) is 19.7. The van der Waals surface area contributed by atoms with Crippen molar-refractivity contribution in [2.75, 3.05) is 10.2 Å². The first-order valence-electron chi connectivity index (χ1n) is 11.1. The van der Waals surface area contributed by atoms with Crippen LogP contribution in [0.5, 0.6) is 0 Å². The van der Waals surface area contributed by atoms with Gasteiger partial charge < -0.3 is 9.73 Å². The van der Waals surface area contributed by atoms with Crippen LogP contribution >= 0.6 is 0 Å². The molecular weight excluding hydrogens is 440 g/mol. The lowest BCUT2D eigenvalue weighted by molar-refractivity contribution is -0.121. The second kappa shape index (κ2) is 9.70. The average molecular weight is 465 g/mol. The molecule has 0 aliphatic rings. The van der Waals surface area contributed by atoms with Gasteiger partial charge in [0.15, 0.2) is 5.43 Å². The van der Waals surface area contributed by atoms with Crippen molar-refractivity contribution in [2.45, 2.75) is 26.8 Å². The first kappa shape index (κ1) is 23.5. The van der Waals surface area contributed by atoms with Crippen molar-refractivity contribution >= 4 is 34.2 Å². The third kappa shape index (κ3) is 4.57. The molecule has 1 unspecified atom stereocenters. The topological polar surface area (TPSA) is 79.6 Å². The normalized spacial score (nSPS) is 11.5. The van der Waals surface area contributed by atoms with Gasteiger partial charge >= 0.3 is 5.91 Å². The minimum atomic E-state index is -1.37. The number of carbonyl (C=O) groups is 2. The molecule has 4 aromatic rings. The van der Waals surface area contributed by atoms with Gasteiger partial charge in [0, 0.05) is 11.4 Å². The summed E-state index contributed by atoms with van der Waals surface area (Å²) in [7, 11) is 0. The molecule has 35 heavy (non-hydrogen) atoms. The first-order chi connectivity index (χ1) is 16.8. The SMILES string of the molecule is C#CC(=O)N(c1ccc(C)cc1)C(C(=O)Nc1c(C)cccc1C)c1coc2ccccc2c1=O. The zero-order chi connectivity index (χ0) is 25.1. The summed E-state index contributed by atoms with van der Waals surface area (Å²) >= 11 is 0. The van der Waals surface area contributed by atoms with Gasteiger partial charge in [-0.2, -0.15) is 0 Å². The van der Waals surface area contributed by atoms with Gasteiger partial charge in [-0.15, -0.1) is 6.42 Å². The second-order valence-corrected chi connectivity index (χ2v) is 8.33. The quantitative estimate of drug-likeness (QED) is 0.419. The summed E-state index contributed by atoms with van der Waals surface area (Å²) in [5.74, 6) is 0.751. The second-order valence-electron chi connectivity index (χ2n) is 8.33. The van der Waals surface area contributed by atoms with Gasteiger partial charge in [0.05, 0.1) is 10.9 Å². The van der Waals surface area contributed by atoms with E-state index < -0.39 is 23.3 Å². The molecular formula is C29H24N2O4. The number of anilines is 2. The number of aryl methyl sites for hydroxylation is 3. The molecule has 6 heteroatoms. The minimum absolute atomic E-state index is 0.00314. The van der Waals surface area contributed by atoms with E-state index in [4.69, 9.17) is 10.8 Å². The number of hydrogen-bond acceptors (Lipinski definition) is 4. The number of para-hydroxylation sites is 2. The molecule has 4 rings (SSSR count). The number of nitrogens with one attached hydrogen (secondary N) is 1. The molecule has 0 aliphatic heterocycles. The van der Waals surface area contributed by atoms with Crippen LogP contribution in [-0.4, -0.2) is 11.8 Å². The maximum absolute atomic E-state index is 13.9. The van der Waals surface area contributed by atoms with Crippen molar-refractivity contribution in [1.29, 1.82) is 0 Å². The van der Waals surface area contributed by atoms with Crippen molar-refractivity contribution < 1.29 is 14.0 Å². The number of benzene rings is 3. The molecule has 0 saturated carbocycles. The summed E-state index contributed by atoms with van der Waals surface area (Å²) in [5.41, 5.74) is 3.58. The third-order valence-corrected chi connectivity index (χ3v) is 5.89. The lowest BCUT2D eigenvalue weighted by Crippen LogP contribution is -2.43. The molecule has 0 fully saturated rings. The number of rotatable bonds is 5. The van der Waals surface area contributed by atoms with Crippen LogP contribution in [-0.2, 0) is 9.59 Å². The molecule has 1 atom stereocenters. The summed E-state index contributed by atoms with van der Waals surface area (Å²) in [6.45, 7) is 5.64. The van der Waals surface area contributed by atoms with Gasteiger partial charge in [-0.05, 0) is 62.1 Å². The van der Waals surface area contributed by atoms with Crippen LogP contribution in [0.3, 0.4) is 0 Å². The van der Waals surface area contributed by atoms with Crippen molar-refractivity contribution in [3.8, 4) is 12.3 Å². The van der Waals surface area contributed by atoms with Gasteiger partial charge in [-0.1, -0.05) is 48.0 Å². The van der Waals surface area contributed by atoms with Crippen molar-refractivity contribution in [2.24, 2.45) is 0 Å². The van der Waals surface area contributed by atoms with E-state index in [0.29, 0.717) is 22.3 Å². The molecule has 0 aliphatic carbocycles. The van der Waals surface area contributed by atoms with E-state index in [-0.39, 0.29) is 5.56 Å². The molecule has 0 bridgehead atoms. The summed E-state index contributed by atoms with van der Waals surface area (Å²) in [6, 6.07) is 18.0. The number of amides is 2. The maximum atomic E-state index is 13.9. The van der Waals surface area contributed by atoms with E-state index in [9.17, 15) is 14.4 Å². The van der Waals surface area contributed by atoms with Crippen molar-refractivity contribution in [1.82, 2.24) is 0 Å². The Kier molecular flexibility index (Phi) is 6.52. The highest BCUT2D eigenvalue weighted by Crippen LogP contribution is 2.30. The Morgan fingerprint density at radius 1 is 0.943 bits per heavy atom. The van der Waals surface area contributed by atoms with E-state index in [2.05, 4.69) is 11.2 Å². The highest BCUT2D eigenvalue weighted by atomic mass is 16.3. The molecule has 0 saturated heterocycles. The van der Waals surface area contributed by atoms with Gasteiger partial charge in [-0.25, -0.2) is 0 Å². The fourth-order valence-corrected chi connectivity index (χ4v) is 4.04. The van der Waals surface area contributed by atoms with Crippen LogP contribution in [0.25, 0.3) is 11.0 Å². The number of hydrogen-bond donors (Lipinski definition) is 1. The molecule has 2 amide bonds. The molecule has 1 N–H and O–H groups in total. The Hall–Kier alpha value is -4.63. The Morgan fingerprint density at radius 2 is 1.60 bits per heavy atom. The zero-order valence-electron chi connectivity index (χ0n) is 19.7. The lowest BCUT2D eigenvalue weighted by Gasteiger charge is -2.29. The number of fused-ring (bicyclic) bond motifs is 1. The Morgan fingerprint density at radius 3 is 2.26 bits per heavy atom. The number of carbonyl (C=O) groups excluding carboxylic acids is 2. The molecule has 1 heterocycles. The minimum Gasteiger partial charge on any atom is -0.464 e. The molecule has 6 nitrogen and oxygen atoms in total. The highest BCUT2D eigenvalue weighted by molar-refractivity contribution is 6.11. The van der Waals surface area contributed by atoms with Crippen LogP contribution < -0.4 is 15.6 Å². The first-order valence-corrected chi connectivity index (χ1v) is 11.1. The van der Waals surface area contributed by atoms with Crippen LogP contribution in [0.15, 0.2) is 82.2 Å². The smallest absolute Gasteiger partial charge is 0.303 e. The molecule has 174 valence electrons. The average Bonchev–Trinajstić information content (AvgIpc) is 2.86. The van der Waals surface area contributed by atoms with Gasteiger partial charge in [0.2, 0.25) is 0 Å². The van der Waals surface area contributed by atoms with Crippen molar-refractivity contribution in [3.63, 3.8) is 0 Å². The largest absolute Gasteiger partial charge is 0.464 e. The predicted molar refractivity (Wildman–Crippen MR) is 137 cm³/mol. The van der Waals surface area contributed by atoms with Gasteiger partial charge in [0.1, 0.15) is 17.9 Å². The number of terminal acetylenes is 1. The fraction of sp³-hybridized carbons (Fsp3) is 0.138. The van der Waals surface area contributed by atoms with Crippen molar-refractivity contribution in [3.05, 3.63) is 105 Å². The van der Waals surface area contributed by atoms with E-state index >= 15 is 0 Å². The van der Waals surface area contributed by atoms with E-state index in [1.54, 1.807) is 48.5 Å². The molecule has 0 radical (unpaired) electrons. The summed E-state index contributed by atoms with van der Waals surface area (Å²) < 4.78 is 5.70. The van der Waals surface area contributed by atoms with Crippen LogP contribution in [0, 0.1) is 33.1 Å². The van der Waals surface area contributed by atoms with E-state index in [0.717, 1.165) is 21.6 Å². The van der Waals surface area contributed by atoms with Crippen LogP contribution in [0.1, 0.15) is 28.3 Å².